The van der Waals surface area contributed by atoms with Crippen LogP contribution in [0.4, 0.5) is 0 Å². The minimum Gasteiger partial charge on any atom is -0.507 e. The van der Waals surface area contributed by atoms with Gasteiger partial charge in [-0.05, 0) is 18.4 Å². The van der Waals surface area contributed by atoms with Crippen molar-refractivity contribution in [1.29, 1.82) is 0 Å². The first-order valence-corrected chi connectivity index (χ1v) is 10.9. The second-order valence-corrected chi connectivity index (χ2v) is 9.63. The van der Waals surface area contributed by atoms with Crippen LogP contribution in [-0.4, -0.2) is 62.6 Å². The summed E-state index contributed by atoms with van der Waals surface area (Å²) in [5, 5.41) is 53.8. The van der Waals surface area contributed by atoms with Gasteiger partial charge in [-0.2, -0.15) is 0 Å². The van der Waals surface area contributed by atoms with Gasteiger partial charge in [0, 0.05) is 41.7 Å². The first kappa shape index (κ1) is 25.4. The number of aliphatic hydroxyl groups excluding tert-OH is 2. The highest BCUT2D eigenvalue weighted by molar-refractivity contribution is 6.13. The lowest BCUT2D eigenvalue weighted by Gasteiger charge is -2.52. The fraction of sp³-hybridized carbons (Fsp3) is 0.542. The molecule has 2 aliphatic carbocycles. The number of hydrogen-bond donors (Lipinski definition) is 5. The Balaban J connectivity index is 2.27. The number of esters is 2. The minimum atomic E-state index is -1.20. The number of phenols is 3. The van der Waals surface area contributed by atoms with Crippen LogP contribution in [0.3, 0.4) is 0 Å². The Hall–Kier alpha value is -3.27. The molecule has 0 aromatic heterocycles. The third-order valence-corrected chi connectivity index (χ3v) is 7.02. The van der Waals surface area contributed by atoms with Crippen LogP contribution >= 0.6 is 0 Å². The van der Waals surface area contributed by atoms with Gasteiger partial charge in [-0.3, -0.25) is 14.4 Å². The molecule has 2 aliphatic rings. The lowest BCUT2D eigenvalue weighted by atomic mass is 9.53. The van der Waals surface area contributed by atoms with E-state index in [1.807, 2.05) is 0 Å². The number of aromatic hydroxyl groups is 3. The van der Waals surface area contributed by atoms with E-state index in [9.17, 15) is 39.9 Å². The van der Waals surface area contributed by atoms with Gasteiger partial charge in [-0.15, -0.1) is 0 Å². The SMILES string of the molecule is CC(=O)OC[C@@H](CO)c1c(O)c(O)c2c(c1O)C(=O)C(O)=C1C(C)(C)[C@@H](OC(C)=O)CC[C@@]12C. The van der Waals surface area contributed by atoms with Gasteiger partial charge in [0.05, 0.1) is 12.2 Å². The number of hydrogen-bond acceptors (Lipinski definition) is 10. The summed E-state index contributed by atoms with van der Waals surface area (Å²) < 4.78 is 10.3. The number of carbonyl (C=O) groups excluding carboxylic acids is 3. The molecular formula is C24H30O10. The Bertz CT molecular complexity index is 1100. The number of fused-ring (bicyclic) bond motifs is 3. The van der Waals surface area contributed by atoms with E-state index in [1.54, 1.807) is 20.8 Å². The van der Waals surface area contributed by atoms with E-state index < -0.39 is 82.4 Å². The molecule has 1 fully saturated rings. The van der Waals surface area contributed by atoms with Gasteiger partial charge >= 0.3 is 11.9 Å². The summed E-state index contributed by atoms with van der Waals surface area (Å²) in [6, 6.07) is 0. The fourth-order valence-corrected chi connectivity index (χ4v) is 5.55. The summed E-state index contributed by atoms with van der Waals surface area (Å²) >= 11 is 0. The molecule has 10 nitrogen and oxygen atoms in total. The summed E-state index contributed by atoms with van der Waals surface area (Å²) in [5.41, 5.74) is -2.85. The Morgan fingerprint density at radius 1 is 1.03 bits per heavy atom. The lowest BCUT2D eigenvalue weighted by molar-refractivity contribution is -0.153. The predicted octanol–water partition coefficient (Wildman–Crippen LogP) is 2.46. The Labute approximate surface area is 196 Å². The van der Waals surface area contributed by atoms with Gasteiger partial charge < -0.3 is 35.0 Å². The number of Topliss-reactive ketones (excluding diaryl/α,β-unsaturated/α-hetero) is 1. The molecule has 0 radical (unpaired) electrons. The van der Waals surface area contributed by atoms with Crippen LogP contribution in [0.2, 0.25) is 0 Å². The number of ether oxygens (including phenoxy) is 2. The predicted molar refractivity (Wildman–Crippen MR) is 118 cm³/mol. The van der Waals surface area contributed by atoms with Gasteiger partial charge in [0.25, 0.3) is 0 Å². The molecule has 34 heavy (non-hydrogen) atoms. The molecule has 0 heterocycles. The molecule has 3 atom stereocenters. The van der Waals surface area contributed by atoms with E-state index in [2.05, 4.69) is 0 Å². The standard InChI is InChI=1S/C24H30O10/c1-10(26)33-9-12(8-25)14-17(28)15-16(20(31)18(14)29)24(5)7-6-13(34-11(2)27)23(3,4)22(24)21(32)19(15)30/h12-13,25,28-29,31-32H,6-9H2,1-5H3/t12-,13+,24-/m1/s1. The molecule has 0 spiro atoms. The zero-order valence-corrected chi connectivity index (χ0v) is 19.8. The van der Waals surface area contributed by atoms with Gasteiger partial charge in [-0.25, -0.2) is 0 Å². The van der Waals surface area contributed by atoms with Crippen molar-refractivity contribution >= 4 is 17.7 Å². The molecule has 0 unspecified atom stereocenters. The molecule has 186 valence electrons. The molecule has 0 amide bonds. The van der Waals surface area contributed by atoms with Crippen molar-refractivity contribution in [1.82, 2.24) is 0 Å². The number of ketones is 1. The van der Waals surface area contributed by atoms with E-state index in [4.69, 9.17) is 9.47 Å². The monoisotopic (exact) mass is 478 g/mol. The zero-order chi connectivity index (χ0) is 25.7. The maximum Gasteiger partial charge on any atom is 0.302 e. The number of allylic oxidation sites excluding steroid dienone is 1. The van der Waals surface area contributed by atoms with Crippen LogP contribution in [0, 0.1) is 5.41 Å². The number of carbonyl (C=O) groups is 3. The van der Waals surface area contributed by atoms with Gasteiger partial charge in [0.1, 0.15) is 18.5 Å². The quantitative estimate of drug-likeness (QED) is 0.240. The van der Waals surface area contributed by atoms with Gasteiger partial charge in [0.15, 0.2) is 17.3 Å². The molecule has 10 heteroatoms. The van der Waals surface area contributed by atoms with Crippen LogP contribution in [0.1, 0.15) is 74.9 Å². The van der Waals surface area contributed by atoms with E-state index in [-0.39, 0.29) is 23.1 Å². The maximum absolute atomic E-state index is 13.3. The molecule has 1 saturated carbocycles. The molecule has 0 saturated heterocycles. The first-order chi connectivity index (χ1) is 15.7. The van der Waals surface area contributed by atoms with Crippen molar-refractivity contribution < 1.29 is 49.4 Å². The van der Waals surface area contributed by atoms with E-state index >= 15 is 0 Å². The van der Waals surface area contributed by atoms with E-state index in [0.717, 1.165) is 6.92 Å². The van der Waals surface area contributed by atoms with Crippen molar-refractivity contribution in [2.45, 2.75) is 64.9 Å². The Kier molecular flexibility index (Phi) is 6.34. The second kappa shape index (κ2) is 8.50. The highest BCUT2D eigenvalue weighted by Crippen LogP contribution is 2.62. The average Bonchev–Trinajstić information content (AvgIpc) is 2.73. The highest BCUT2D eigenvalue weighted by Gasteiger charge is 2.57. The summed E-state index contributed by atoms with van der Waals surface area (Å²) in [7, 11) is 0. The third kappa shape index (κ3) is 3.66. The normalized spacial score (nSPS) is 24.2. The molecule has 1 aromatic carbocycles. The summed E-state index contributed by atoms with van der Waals surface area (Å²) in [6.45, 7) is 6.36. The smallest absolute Gasteiger partial charge is 0.302 e. The van der Waals surface area contributed by atoms with Crippen LogP contribution in [0.25, 0.3) is 0 Å². The molecule has 0 aliphatic heterocycles. The first-order valence-electron chi connectivity index (χ1n) is 10.9. The van der Waals surface area contributed by atoms with Gasteiger partial charge in [0.2, 0.25) is 5.78 Å². The van der Waals surface area contributed by atoms with Crippen LogP contribution < -0.4 is 0 Å². The molecular weight excluding hydrogens is 448 g/mol. The van der Waals surface area contributed by atoms with Crippen molar-refractivity contribution in [2.24, 2.45) is 5.41 Å². The van der Waals surface area contributed by atoms with Crippen LogP contribution in [-0.2, 0) is 24.5 Å². The topological polar surface area (TPSA) is 171 Å². The fourth-order valence-electron chi connectivity index (χ4n) is 5.55. The third-order valence-electron chi connectivity index (χ3n) is 7.02. The van der Waals surface area contributed by atoms with Crippen molar-refractivity contribution in [3.05, 3.63) is 28.0 Å². The highest BCUT2D eigenvalue weighted by atomic mass is 16.5. The van der Waals surface area contributed by atoms with E-state index in [1.165, 1.54) is 6.92 Å². The van der Waals surface area contributed by atoms with Gasteiger partial charge in [-0.1, -0.05) is 20.8 Å². The number of benzene rings is 1. The Morgan fingerprint density at radius 3 is 2.18 bits per heavy atom. The zero-order valence-electron chi connectivity index (χ0n) is 19.8. The molecule has 3 rings (SSSR count). The molecule has 5 N–H and O–H groups in total. The lowest BCUT2D eigenvalue weighted by Crippen LogP contribution is -2.50. The van der Waals surface area contributed by atoms with Crippen molar-refractivity contribution in [3.63, 3.8) is 0 Å². The van der Waals surface area contributed by atoms with Crippen LogP contribution in [0.15, 0.2) is 11.3 Å². The van der Waals surface area contributed by atoms with E-state index in [0.29, 0.717) is 6.42 Å². The van der Waals surface area contributed by atoms with Crippen molar-refractivity contribution in [3.8, 4) is 17.2 Å². The Morgan fingerprint density at radius 2 is 1.65 bits per heavy atom. The molecule has 1 aromatic rings. The number of rotatable bonds is 5. The summed E-state index contributed by atoms with van der Waals surface area (Å²) in [6.07, 6.45) is -0.116. The number of phenolic OH excluding ortho intramolecular Hbond substituents is 3. The van der Waals surface area contributed by atoms with Crippen molar-refractivity contribution in [2.75, 3.05) is 13.2 Å². The second-order valence-electron chi connectivity index (χ2n) is 9.63. The molecule has 0 bridgehead atoms. The minimum absolute atomic E-state index is 0.0671. The average molecular weight is 478 g/mol. The summed E-state index contributed by atoms with van der Waals surface area (Å²) in [5.74, 6) is -6.16. The number of aliphatic hydroxyl groups is 2. The maximum atomic E-state index is 13.3. The summed E-state index contributed by atoms with van der Waals surface area (Å²) in [4.78, 5) is 36.2. The van der Waals surface area contributed by atoms with Crippen LogP contribution in [0.5, 0.6) is 17.2 Å². The largest absolute Gasteiger partial charge is 0.507 e.